The van der Waals surface area contributed by atoms with Crippen molar-refractivity contribution in [3.05, 3.63) is 17.8 Å². The Bertz CT molecular complexity index is 341. The highest BCUT2D eigenvalue weighted by molar-refractivity contribution is 5.53. The third-order valence-electron chi connectivity index (χ3n) is 1.69. The molecule has 1 aromatic rings. The molecule has 0 aliphatic rings. The van der Waals surface area contributed by atoms with Crippen molar-refractivity contribution in [1.82, 2.24) is 4.98 Å². The second kappa shape index (κ2) is 3.81. The highest BCUT2D eigenvalue weighted by Crippen LogP contribution is 2.21. The number of aromatic nitrogens is 1. The minimum atomic E-state index is -0.309. The molecule has 0 amide bonds. The summed E-state index contributed by atoms with van der Waals surface area (Å²) in [5.74, 6) is 2.85. The highest BCUT2D eigenvalue weighted by Gasteiger charge is 2.06. The van der Waals surface area contributed by atoms with Crippen LogP contribution in [0.3, 0.4) is 0 Å². The first kappa shape index (κ1) is 9.40. The van der Waals surface area contributed by atoms with E-state index in [1.54, 1.807) is 13.1 Å². The molecule has 0 saturated carbocycles. The lowest BCUT2D eigenvalue weighted by Crippen LogP contribution is -2.11. The summed E-state index contributed by atoms with van der Waals surface area (Å²) in [6.45, 7) is 3.66. The van der Waals surface area contributed by atoms with Gasteiger partial charge in [-0.05, 0) is 25.5 Å². The number of nitrogens with zero attached hydrogens (tertiary/aromatic N) is 1. The molecular weight excluding hydrogens is 164 g/mol. The molecule has 68 valence electrons. The first-order chi connectivity index (χ1) is 6.15. The summed E-state index contributed by atoms with van der Waals surface area (Å²) >= 11 is 0. The fourth-order valence-corrected chi connectivity index (χ4v) is 0.840. The van der Waals surface area contributed by atoms with E-state index in [4.69, 9.17) is 16.9 Å². The summed E-state index contributed by atoms with van der Waals surface area (Å²) < 4.78 is 5.30. The largest absolute Gasteiger partial charge is 0.460 e. The number of pyridine rings is 1. The fraction of sp³-hybridized carbons (Fsp3) is 0.300. The molecule has 0 bridgehead atoms. The molecule has 13 heavy (non-hydrogen) atoms. The normalized spacial score (nSPS) is 11.8. The number of nitrogens with two attached hydrogens (primary N) is 1. The maximum absolute atomic E-state index is 5.73. The zero-order valence-electron chi connectivity index (χ0n) is 7.74. The van der Waals surface area contributed by atoms with Crippen LogP contribution in [-0.2, 0) is 0 Å². The summed E-state index contributed by atoms with van der Waals surface area (Å²) in [4.78, 5) is 3.98. The van der Waals surface area contributed by atoms with Gasteiger partial charge in [0.15, 0.2) is 6.10 Å². The second-order valence-corrected chi connectivity index (χ2v) is 2.77. The van der Waals surface area contributed by atoms with E-state index in [0.717, 1.165) is 5.56 Å². The van der Waals surface area contributed by atoms with Crippen molar-refractivity contribution in [2.24, 2.45) is 0 Å². The van der Waals surface area contributed by atoms with E-state index >= 15 is 0 Å². The molecule has 0 spiro atoms. The van der Waals surface area contributed by atoms with Crippen LogP contribution in [0.1, 0.15) is 12.5 Å². The van der Waals surface area contributed by atoms with Crippen LogP contribution < -0.4 is 10.5 Å². The van der Waals surface area contributed by atoms with Crippen LogP contribution in [-0.4, -0.2) is 11.1 Å². The van der Waals surface area contributed by atoms with Crippen molar-refractivity contribution in [3.8, 4) is 18.2 Å². The molecule has 1 unspecified atom stereocenters. The molecule has 1 rings (SSSR count). The molecule has 3 nitrogen and oxygen atoms in total. The second-order valence-electron chi connectivity index (χ2n) is 2.77. The SMILES string of the molecule is C#CC(C)Oc1nccc(C)c1N. The van der Waals surface area contributed by atoms with E-state index in [1.807, 2.05) is 13.0 Å². The quantitative estimate of drug-likeness (QED) is 0.692. The first-order valence-electron chi connectivity index (χ1n) is 3.99. The molecule has 2 N–H and O–H groups in total. The van der Waals surface area contributed by atoms with Gasteiger partial charge in [-0.15, -0.1) is 6.42 Å². The van der Waals surface area contributed by atoms with Gasteiger partial charge in [-0.3, -0.25) is 0 Å². The highest BCUT2D eigenvalue weighted by atomic mass is 16.5. The van der Waals surface area contributed by atoms with Crippen LogP contribution in [0, 0.1) is 19.3 Å². The summed E-state index contributed by atoms with van der Waals surface area (Å²) in [6, 6.07) is 1.82. The van der Waals surface area contributed by atoms with Gasteiger partial charge in [-0.1, -0.05) is 5.92 Å². The molecular formula is C10H12N2O. The van der Waals surface area contributed by atoms with Gasteiger partial charge < -0.3 is 10.5 Å². The number of ether oxygens (including phenoxy) is 1. The van der Waals surface area contributed by atoms with Crippen molar-refractivity contribution in [3.63, 3.8) is 0 Å². The Labute approximate surface area is 77.9 Å². The third-order valence-corrected chi connectivity index (χ3v) is 1.69. The Hall–Kier alpha value is -1.69. The Morgan fingerprint density at radius 2 is 2.38 bits per heavy atom. The van der Waals surface area contributed by atoms with E-state index in [-0.39, 0.29) is 6.10 Å². The first-order valence-corrected chi connectivity index (χ1v) is 3.99. The molecule has 3 heteroatoms. The maximum atomic E-state index is 5.73. The van der Waals surface area contributed by atoms with Gasteiger partial charge in [0.2, 0.25) is 5.88 Å². The number of aryl methyl sites for hydroxylation is 1. The fourth-order valence-electron chi connectivity index (χ4n) is 0.840. The molecule has 0 saturated heterocycles. The van der Waals surface area contributed by atoms with Gasteiger partial charge in [-0.2, -0.15) is 0 Å². The van der Waals surface area contributed by atoms with Crippen molar-refractivity contribution in [2.45, 2.75) is 20.0 Å². The predicted molar refractivity (Wildman–Crippen MR) is 52.3 cm³/mol. The lowest BCUT2D eigenvalue weighted by Gasteiger charge is -2.10. The Kier molecular flexibility index (Phi) is 2.76. The average molecular weight is 176 g/mol. The van der Waals surface area contributed by atoms with Crippen LogP contribution in [0.5, 0.6) is 5.88 Å². The van der Waals surface area contributed by atoms with Crippen LogP contribution >= 0.6 is 0 Å². The zero-order valence-corrected chi connectivity index (χ0v) is 7.74. The molecule has 0 radical (unpaired) electrons. The van der Waals surface area contributed by atoms with Gasteiger partial charge in [0.1, 0.15) is 0 Å². The van der Waals surface area contributed by atoms with Crippen LogP contribution in [0.4, 0.5) is 5.69 Å². The molecule has 0 aromatic carbocycles. The number of anilines is 1. The molecule has 1 aromatic heterocycles. The van der Waals surface area contributed by atoms with E-state index in [9.17, 15) is 0 Å². The Morgan fingerprint density at radius 1 is 1.69 bits per heavy atom. The van der Waals surface area contributed by atoms with Crippen molar-refractivity contribution >= 4 is 5.69 Å². The van der Waals surface area contributed by atoms with Crippen molar-refractivity contribution < 1.29 is 4.74 Å². The van der Waals surface area contributed by atoms with Gasteiger partial charge in [0.05, 0.1) is 5.69 Å². The standard InChI is InChI=1S/C10H12N2O/c1-4-8(3)13-10-9(11)7(2)5-6-12-10/h1,5-6,8H,11H2,2-3H3. The number of rotatable bonds is 2. The number of hydrogen-bond acceptors (Lipinski definition) is 3. The maximum Gasteiger partial charge on any atom is 0.238 e. The van der Waals surface area contributed by atoms with E-state index in [0.29, 0.717) is 11.6 Å². The molecule has 0 aliphatic heterocycles. The molecule has 1 heterocycles. The van der Waals surface area contributed by atoms with E-state index in [2.05, 4.69) is 10.9 Å². The topological polar surface area (TPSA) is 48.1 Å². The number of terminal acetylenes is 1. The van der Waals surface area contributed by atoms with E-state index < -0.39 is 0 Å². The van der Waals surface area contributed by atoms with Crippen LogP contribution in [0.2, 0.25) is 0 Å². The number of hydrogen-bond donors (Lipinski definition) is 1. The van der Waals surface area contributed by atoms with Gasteiger partial charge in [-0.25, -0.2) is 4.98 Å². The van der Waals surface area contributed by atoms with E-state index in [1.165, 1.54) is 0 Å². The van der Waals surface area contributed by atoms with Gasteiger partial charge >= 0.3 is 0 Å². The zero-order chi connectivity index (χ0) is 9.84. The third kappa shape index (κ3) is 2.12. The summed E-state index contributed by atoms with van der Waals surface area (Å²) in [5.41, 5.74) is 7.21. The summed E-state index contributed by atoms with van der Waals surface area (Å²) in [5, 5.41) is 0. The van der Waals surface area contributed by atoms with Crippen LogP contribution in [0.15, 0.2) is 12.3 Å². The molecule has 0 fully saturated rings. The number of nitrogen functional groups attached to an aromatic ring is 1. The predicted octanol–water partition coefficient (Wildman–Crippen LogP) is 1.37. The smallest absolute Gasteiger partial charge is 0.238 e. The minimum Gasteiger partial charge on any atom is -0.460 e. The lowest BCUT2D eigenvalue weighted by atomic mass is 10.2. The average Bonchev–Trinajstić information content (AvgIpc) is 2.13. The van der Waals surface area contributed by atoms with Gasteiger partial charge in [0, 0.05) is 6.20 Å². The van der Waals surface area contributed by atoms with Crippen molar-refractivity contribution in [1.29, 1.82) is 0 Å². The molecule has 1 atom stereocenters. The monoisotopic (exact) mass is 176 g/mol. The lowest BCUT2D eigenvalue weighted by molar-refractivity contribution is 0.269. The van der Waals surface area contributed by atoms with Gasteiger partial charge in [0.25, 0.3) is 0 Å². The summed E-state index contributed by atoms with van der Waals surface area (Å²) in [6.07, 6.45) is 6.50. The summed E-state index contributed by atoms with van der Waals surface area (Å²) in [7, 11) is 0. The molecule has 0 aliphatic carbocycles. The Morgan fingerprint density at radius 3 is 3.00 bits per heavy atom. The van der Waals surface area contributed by atoms with Crippen LogP contribution in [0.25, 0.3) is 0 Å². The van der Waals surface area contributed by atoms with Crippen molar-refractivity contribution in [2.75, 3.05) is 5.73 Å². The Balaban J connectivity index is 2.90. The minimum absolute atomic E-state index is 0.309.